The Bertz CT molecular complexity index is 432. The Morgan fingerprint density at radius 1 is 1.18 bits per heavy atom. The minimum Gasteiger partial charge on any atom is -0.399 e. The van der Waals surface area contributed by atoms with Crippen LogP contribution in [-0.2, 0) is 9.31 Å². The first-order valence-electron chi connectivity index (χ1n) is 5.71. The van der Waals surface area contributed by atoms with Crippen LogP contribution in [0.25, 0.3) is 0 Å². The highest BCUT2D eigenvalue weighted by Crippen LogP contribution is 2.36. The first-order chi connectivity index (χ1) is 7.73. The summed E-state index contributed by atoms with van der Waals surface area (Å²) in [6.45, 7) is 10.0. The highest BCUT2D eigenvalue weighted by molar-refractivity contribution is 6.65. The SMILES string of the molecule is Cc1cc(B2OC(C)(C)C(C)(C)O2)c(Cl)cn1. The summed E-state index contributed by atoms with van der Waals surface area (Å²) in [6, 6.07) is 1.91. The molecule has 3 nitrogen and oxygen atoms in total. The molecule has 0 bridgehead atoms. The highest BCUT2D eigenvalue weighted by atomic mass is 35.5. The van der Waals surface area contributed by atoms with Crippen LogP contribution < -0.4 is 5.46 Å². The number of aromatic nitrogens is 1. The molecule has 0 amide bonds. The van der Waals surface area contributed by atoms with E-state index in [1.54, 1.807) is 6.20 Å². The van der Waals surface area contributed by atoms with E-state index in [2.05, 4.69) is 4.98 Å². The molecule has 2 rings (SSSR count). The maximum absolute atomic E-state index is 6.14. The molecule has 0 aliphatic carbocycles. The summed E-state index contributed by atoms with van der Waals surface area (Å²) in [4.78, 5) is 4.14. The summed E-state index contributed by atoms with van der Waals surface area (Å²) >= 11 is 6.14. The molecule has 2 heterocycles. The molecule has 0 aromatic carbocycles. The van der Waals surface area contributed by atoms with Crippen molar-refractivity contribution in [1.29, 1.82) is 0 Å². The van der Waals surface area contributed by atoms with Crippen molar-refractivity contribution in [3.63, 3.8) is 0 Å². The van der Waals surface area contributed by atoms with Crippen LogP contribution in [0.2, 0.25) is 5.02 Å². The predicted molar refractivity (Wildman–Crippen MR) is 69.7 cm³/mol. The summed E-state index contributed by atoms with van der Waals surface area (Å²) in [6.07, 6.45) is 1.64. The second-order valence-electron chi connectivity index (χ2n) is 5.44. The first-order valence-corrected chi connectivity index (χ1v) is 6.08. The molecule has 0 radical (unpaired) electrons. The van der Waals surface area contributed by atoms with Crippen LogP contribution in [0.1, 0.15) is 33.4 Å². The first kappa shape index (κ1) is 12.9. The number of aryl methyl sites for hydroxylation is 1. The Morgan fingerprint density at radius 3 is 2.24 bits per heavy atom. The second-order valence-corrected chi connectivity index (χ2v) is 5.84. The van der Waals surface area contributed by atoms with Gasteiger partial charge in [0.15, 0.2) is 0 Å². The van der Waals surface area contributed by atoms with Gasteiger partial charge in [-0.25, -0.2) is 0 Å². The van der Waals surface area contributed by atoms with Gasteiger partial charge >= 0.3 is 7.12 Å². The summed E-state index contributed by atoms with van der Waals surface area (Å²) < 4.78 is 11.9. The van der Waals surface area contributed by atoms with Gasteiger partial charge in [-0.3, -0.25) is 4.98 Å². The van der Waals surface area contributed by atoms with Crippen molar-refractivity contribution in [2.45, 2.75) is 45.8 Å². The molecule has 0 spiro atoms. The van der Waals surface area contributed by atoms with Crippen LogP contribution in [0.15, 0.2) is 12.3 Å². The van der Waals surface area contributed by atoms with Gasteiger partial charge in [-0.15, -0.1) is 0 Å². The van der Waals surface area contributed by atoms with Gasteiger partial charge in [0.2, 0.25) is 0 Å². The minimum atomic E-state index is -0.422. The zero-order chi connectivity index (χ0) is 12.8. The van der Waals surface area contributed by atoms with Gasteiger partial charge < -0.3 is 9.31 Å². The quantitative estimate of drug-likeness (QED) is 0.720. The number of hydrogen-bond acceptors (Lipinski definition) is 3. The summed E-state index contributed by atoms with van der Waals surface area (Å²) in [5.41, 5.74) is 1.05. The molecule has 17 heavy (non-hydrogen) atoms. The van der Waals surface area contributed by atoms with Gasteiger partial charge in [-0.2, -0.15) is 0 Å². The van der Waals surface area contributed by atoms with Crippen LogP contribution in [0, 0.1) is 6.92 Å². The largest absolute Gasteiger partial charge is 0.496 e. The average Bonchev–Trinajstić information content (AvgIpc) is 2.40. The zero-order valence-electron chi connectivity index (χ0n) is 10.9. The van der Waals surface area contributed by atoms with Crippen LogP contribution in [0.5, 0.6) is 0 Å². The molecule has 1 aliphatic heterocycles. The Morgan fingerprint density at radius 2 is 1.71 bits per heavy atom. The second kappa shape index (κ2) is 3.97. The van der Waals surface area contributed by atoms with Crippen molar-refractivity contribution >= 4 is 24.2 Å². The van der Waals surface area contributed by atoms with E-state index in [4.69, 9.17) is 20.9 Å². The van der Waals surface area contributed by atoms with Crippen molar-refractivity contribution in [2.75, 3.05) is 0 Å². The molecule has 0 N–H and O–H groups in total. The van der Waals surface area contributed by atoms with Gasteiger partial charge in [-0.1, -0.05) is 11.6 Å². The molecule has 0 unspecified atom stereocenters. The summed E-state index contributed by atoms with van der Waals surface area (Å²) in [5, 5.41) is 0.578. The number of hydrogen-bond donors (Lipinski definition) is 0. The van der Waals surface area contributed by atoms with Gasteiger partial charge in [0.05, 0.1) is 16.2 Å². The molecule has 1 aromatic heterocycles. The predicted octanol–water partition coefficient (Wildman–Crippen LogP) is 2.34. The lowest BCUT2D eigenvalue weighted by molar-refractivity contribution is 0.00578. The van der Waals surface area contributed by atoms with E-state index in [-0.39, 0.29) is 11.2 Å². The van der Waals surface area contributed by atoms with Gasteiger partial charge in [0, 0.05) is 17.4 Å². The zero-order valence-corrected chi connectivity index (χ0v) is 11.6. The Labute approximate surface area is 108 Å². The maximum Gasteiger partial charge on any atom is 0.496 e. The standard InChI is InChI=1S/C12H17BClNO2/c1-8-6-9(10(14)7-15-8)13-16-11(2,3)12(4,5)17-13/h6-7H,1-5H3. The van der Waals surface area contributed by atoms with Crippen molar-refractivity contribution in [1.82, 2.24) is 4.98 Å². The summed E-state index contributed by atoms with van der Waals surface area (Å²) in [5.74, 6) is 0. The Hall–Kier alpha value is -0.575. The highest BCUT2D eigenvalue weighted by Gasteiger charge is 2.52. The van der Waals surface area contributed by atoms with E-state index < -0.39 is 7.12 Å². The number of rotatable bonds is 1. The van der Waals surface area contributed by atoms with E-state index >= 15 is 0 Å². The Kier molecular flexibility index (Phi) is 3.01. The lowest BCUT2D eigenvalue weighted by Gasteiger charge is -2.32. The fourth-order valence-electron chi connectivity index (χ4n) is 1.71. The van der Waals surface area contributed by atoms with Crippen LogP contribution in [0.3, 0.4) is 0 Å². The van der Waals surface area contributed by atoms with Crippen LogP contribution in [-0.4, -0.2) is 23.3 Å². The van der Waals surface area contributed by atoms with E-state index in [1.807, 2.05) is 40.7 Å². The molecule has 1 fully saturated rings. The lowest BCUT2D eigenvalue weighted by atomic mass is 9.79. The molecule has 1 aliphatic rings. The van der Waals surface area contributed by atoms with Crippen molar-refractivity contribution < 1.29 is 9.31 Å². The molecule has 0 atom stereocenters. The third kappa shape index (κ3) is 2.22. The van der Waals surface area contributed by atoms with E-state index in [9.17, 15) is 0 Å². The molecule has 1 saturated heterocycles. The third-order valence-electron chi connectivity index (χ3n) is 3.53. The monoisotopic (exact) mass is 253 g/mol. The Balaban J connectivity index is 2.35. The molecular weight excluding hydrogens is 236 g/mol. The summed E-state index contributed by atoms with van der Waals surface area (Å²) in [7, 11) is -0.422. The lowest BCUT2D eigenvalue weighted by Crippen LogP contribution is -2.41. The molecule has 5 heteroatoms. The third-order valence-corrected chi connectivity index (χ3v) is 3.84. The number of halogens is 1. The van der Waals surface area contributed by atoms with Crippen LogP contribution >= 0.6 is 11.6 Å². The normalized spacial score (nSPS) is 21.9. The van der Waals surface area contributed by atoms with Gasteiger partial charge in [-0.05, 0) is 40.7 Å². The number of pyridine rings is 1. The molecule has 1 aromatic rings. The van der Waals surface area contributed by atoms with Crippen molar-refractivity contribution in [3.8, 4) is 0 Å². The molecule has 0 saturated carbocycles. The minimum absolute atomic E-state index is 0.349. The van der Waals surface area contributed by atoms with Gasteiger partial charge in [0.1, 0.15) is 0 Å². The number of nitrogens with zero attached hydrogens (tertiary/aromatic N) is 1. The van der Waals surface area contributed by atoms with Crippen LogP contribution in [0.4, 0.5) is 0 Å². The van der Waals surface area contributed by atoms with E-state index in [0.717, 1.165) is 11.2 Å². The fourth-order valence-corrected chi connectivity index (χ4v) is 1.91. The molecular formula is C12H17BClNO2. The maximum atomic E-state index is 6.14. The van der Waals surface area contributed by atoms with Gasteiger partial charge in [0.25, 0.3) is 0 Å². The molecule has 92 valence electrons. The van der Waals surface area contributed by atoms with Crippen molar-refractivity contribution in [2.24, 2.45) is 0 Å². The smallest absolute Gasteiger partial charge is 0.399 e. The van der Waals surface area contributed by atoms with Crippen molar-refractivity contribution in [3.05, 3.63) is 23.0 Å². The topological polar surface area (TPSA) is 31.4 Å². The fraction of sp³-hybridized carbons (Fsp3) is 0.583. The van der Waals surface area contributed by atoms with E-state index in [1.165, 1.54) is 0 Å². The van der Waals surface area contributed by atoms with E-state index in [0.29, 0.717) is 5.02 Å². The average molecular weight is 254 g/mol.